The van der Waals surface area contributed by atoms with E-state index in [-0.39, 0.29) is 17.8 Å². The minimum absolute atomic E-state index is 0.162. The van der Waals surface area contributed by atoms with Crippen molar-refractivity contribution in [3.8, 4) is 0 Å². The molecule has 2 atom stereocenters. The lowest BCUT2D eigenvalue weighted by molar-refractivity contribution is 0.0446. The first-order chi connectivity index (χ1) is 7.68. The van der Waals surface area contributed by atoms with E-state index in [1.54, 1.807) is 6.07 Å². The minimum atomic E-state index is -0.245. The zero-order valence-electron chi connectivity index (χ0n) is 8.96. The Balaban J connectivity index is 2.18. The van der Waals surface area contributed by atoms with Crippen LogP contribution >= 0.6 is 15.9 Å². The smallest absolute Gasteiger partial charge is 0.123 e. The van der Waals surface area contributed by atoms with Gasteiger partial charge in [-0.25, -0.2) is 4.39 Å². The van der Waals surface area contributed by atoms with Gasteiger partial charge in [0.1, 0.15) is 5.82 Å². The van der Waals surface area contributed by atoms with Gasteiger partial charge in [0, 0.05) is 23.0 Å². The number of hydrogen-bond acceptors (Lipinski definition) is 2. The van der Waals surface area contributed by atoms with Crippen LogP contribution in [0.4, 0.5) is 4.39 Å². The van der Waals surface area contributed by atoms with E-state index in [0.717, 1.165) is 29.5 Å². The van der Waals surface area contributed by atoms with E-state index in [4.69, 9.17) is 10.5 Å². The van der Waals surface area contributed by atoms with Crippen LogP contribution in [0.5, 0.6) is 0 Å². The molecule has 1 aromatic rings. The molecule has 1 fully saturated rings. The minimum Gasteiger partial charge on any atom is -0.381 e. The molecule has 0 bridgehead atoms. The highest BCUT2D eigenvalue weighted by Gasteiger charge is 2.24. The second kappa shape index (κ2) is 5.25. The second-order valence-corrected chi connectivity index (χ2v) is 5.02. The maximum absolute atomic E-state index is 13.2. The van der Waals surface area contributed by atoms with Crippen molar-refractivity contribution >= 4 is 15.9 Å². The zero-order chi connectivity index (χ0) is 11.5. The van der Waals surface area contributed by atoms with Crippen LogP contribution in [-0.4, -0.2) is 13.2 Å². The van der Waals surface area contributed by atoms with E-state index in [0.29, 0.717) is 6.61 Å². The lowest BCUT2D eigenvalue weighted by atomic mass is 9.89. The van der Waals surface area contributed by atoms with Crippen LogP contribution in [0, 0.1) is 11.7 Å². The number of halogens is 2. The number of ether oxygens (including phenoxy) is 1. The summed E-state index contributed by atoms with van der Waals surface area (Å²) in [7, 11) is 0. The Labute approximate surface area is 103 Å². The molecule has 2 unspecified atom stereocenters. The molecular weight excluding hydrogens is 273 g/mol. The molecule has 4 heteroatoms. The third-order valence-corrected chi connectivity index (χ3v) is 3.74. The van der Waals surface area contributed by atoms with Gasteiger partial charge in [-0.3, -0.25) is 0 Å². The first-order valence-electron chi connectivity index (χ1n) is 5.47. The summed E-state index contributed by atoms with van der Waals surface area (Å²) in [6, 6.07) is 4.47. The molecule has 1 aliphatic heterocycles. The average molecular weight is 288 g/mol. The SMILES string of the molecule is NC(c1cc(F)ccc1Br)C1CCCOC1. The molecule has 0 saturated carbocycles. The molecule has 0 radical (unpaired) electrons. The van der Waals surface area contributed by atoms with E-state index < -0.39 is 0 Å². The maximum atomic E-state index is 13.2. The maximum Gasteiger partial charge on any atom is 0.123 e. The summed E-state index contributed by atoms with van der Waals surface area (Å²) in [5.41, 5.74) is 6.99. The summed E-state index contributed by atoms with van der Waals surface area (Å²) in [5.74, 6) is 0.0391. The van der Waals surface area contributed by atoms with Crippen LogP contribution in [0.3, 0.4) is 0 Å². The van der Waals surface area contributed by atoms with E-state index in [1.165, 1.54) is 12.1 Å². The monoisotopic (exact) mass is 287 g/mol. The fourth-order valence-electron chi connectivity index (χ4n) is 2.07. The molecule has 2 rings (SSSR count). The first kappa shape index (κ1) is 12.0. The van der Waals surface area contributed by atoms with Crippen molar-refractivity contribution in [1.29, 1.82) is 0 Å². The molecule has 0 spiro atoms. The van der Waals surface area contributed by atoms with Crippen LogP contribution in [-0.2, 0) is 4.74 Å². The van der Waals surface area contributed by atoms with Crippen molar-refractivity contribution in [2.45, 2.75) is 18.9 Å². The molecule has 1 aromatic carbocycles. The Hall–Kier alpha value is -0.450. The largest absolute Gasteiger partial charge is 0.381 e. The molecule has 0 amide bonds. The Kier molecular flexibility index (Phi) is 3.95. The highest BCUT2D eigenvalue weighted by molar-refractivity contribution is 9.10. The molecule has 1 saturated heterocycles. The Bertz CT molecular complexity index is 366. The highest BCUT2D eigenvalue weighted by atomic mass is 79.9. The first-order valence-corrected chi connectivity index (χ1v) is 6.26. The van der Waals surface area contributed by atoms with Gasteiger partial charge in [0.25, 0.3) is 0 Å². The highest BCUT2D eigenvalue weighted by Crippen LogP contribution is 2.31. The van der Waals surface area contributed by atoms with Crippen molar-refractivity contribution in [1.82, 2.24) is 0 Å². The molecular formula is C12H15BrFNO. The van der Waals surface area contributed by atoms with Gasteiger partial charge in [0.15, 0.2) is 0 Å². The van der Waals surface area contributed by atoms with E-state index in [2.05, 4.69) is 15.9 Å². The fourth-order valence-corrected chi connectivity index (χ4v) is 2.58. The molecule has 2 N–H and O–H groups in total. The van der Waals surface area contributed by atoms with Crippen molar-refractivity contribution in [3.63, 3.8) is 0 Å². The van der Waals surface area contributed by atoms with Gasteiger partial charge in [-0.15, -0.1) is 0 Å². The number of nitrogens with two attached hydrogens (primary N) is 1. The van der Waals surface area contributed by atoms with Gasteiger partial charge in [-0.2, -0.15) is 0 Å². The van der Waals surface area contributed by atoms with Crippen LogP contribution in [0.2, 0.25) is 0 Å². The third-order valence-electron chi connectivity index (χ3n) is 3.02. The summed E-state index contributed by atoms with van der Waals surface area (Å²) in [4.78, 5) is 0. The predicted molar refractivity (Wildman–Crippen MR) is 64.6 cm³/mol. The molecule has 0 aromatic heterocycles. The van der Waals surface area contributed by atoms with Gasteiger partial charge in [-0.1, -0.05) is 15.9 Å². The van der Waals surface area contributed by atoms with Crippen molar-refractivity contribution in [3.05, 3.63) is 34.1 Å². The molecule has 0 aliphatic carbocycles. The number of hydrogen-bond donors (Lipinski definition) is 1. The quantitative estimate of drug-likeness (QED) is 0.908. The lowest BCUT2D eigenvalue weighted by Crippen LogP contribution is -2.29. The number of rotatable bonds is 2. The molecule has 1 aliphatic rings. The Morgan fingerprint density at radius 3 is 3.00 bits per heavy atom. The van der Waals surface area contributed by atoms with Crippen LogP contribution in [0.15, 0.2) is 22.7 Å². The van der Waals surface area contributed by atoms with Crippen LogP contribution < -0.4 is 5.73 Å². The van der Waals surface area contributed by atoms with Gasteiger partial charge in [-0.05, 0) is 36.6 Å². The van der Waals surface area contributed by atoms with E-state index in [1.807, 2.05) is 0 Å². The van der Waals surface area contributed by atoms with Gasteiger partial charge in [0.05, 0.1) is 6.61 Å². The number of benzene rings is 1. The zero-order valence-corrected chi connectivity index (χ0v) is 10.5. The molecule has 88 valence electrons. The standard InChI is InChI=1S/C12H15BrFNO/c13-11-4-3-9(14)6-10(11)12(15)8-2-1-5-16-7-8/h3-4,6,8,12H,1-2,5,7,15H2. The fraction of sp³-hybridized carbons (Fsp3) is 0.500. The summed E-state index contributed by atoms with van der Waals surface area (Å²) >= 11 is 3.41. The normalized spacial score (nSPS) is 23.1. The molecule has 1 heterocycles. The van der Waals surface area contributed by atoms with Gasteiger partial charge >= 0.3 is 0 Å². The van der Waals surface area contributed by atoms with E-state index in [9.17, 15) is 4.39 Å². The second-order valence-electron chi connectivity index (χ2n) is 4.17. The summed E-state index contributed by atoms with van der Waals surface area (Å²) < 4.78 is 19.4. The predicted octanol–water partition coefficient (Wildman–Crippen LogP) is 3.01. The van der Waals surface area contributed by atoms with Crippen molar-refractivity contribution in [2.75, 3.05) is 13.2 Å². The summed E-state index contributed by atoms with van der Waals surface area (Å²) in [6.45, 7) is 1.48. The molecule has 16 heavy (non-hydrogen) atoms. The topological polar surface area (TPSA) is 35.2 Å². The summed E-state index contributed by atoms with van der Waals surface area (Å²) in [6.07, 6.45) is 2.08. The van der Waals surface area contributed by atoms with Gasteiger partial charge < -0.3 is 10.5 Å². The van der Waals surface area contributed by atoms with Gasteiger partial charge in [0.2, 0.25) is 0 Å². The van der Waals surface area contributed by atoms with Crippen molar-refractivity contribution in [2.24, 2.45) is 11.7 Å². The molecule has 2 nitrogen and oxygen atoms in total. The third kappa shape index (κ3) is 2.62. The summed E-state index contributed by atoms with van der Waals surface area (Å²) in [5, 5.41) is 0. The van der Waals surface area contributed by atoms with Crippen LogP contribution in [0.1, 0.15) is 24.4 Å². The lowest BCUT2D eigenvalue weighted by Gasteiger charge is -2.28. The average Bonchev–Trinajstić information content (AvgIpc) is 2.32. The van der Waals surface area contributed by atoms with Crippen LogP contribution in [0.25, 0.3) is 0 Å². The Morgan fingerprint density at radius 2 is 2.31 bits per heavy atom. The Morgan fingerprint density at radius 1 is 1.50 bits per heavy atom. The van der Waals surface area contributed by atoms with Crippen molar-refractivity contribution < 1.29 is 9.13 Å². The van der Waals surface area contributed by atoms with E-state index >= 15 is 0 Å².